The number of hydrogen-bond acceptors (Lipinski definition) is 7. The Morgan fingerprint density at radius 1 is 1.32 bits per heavy atom. The highest BCUT2D eigenvalue weighted by molar-refractivity contribution is 7.20. The molecule has 0 atom stereocenters. The van der Waals surface area contributed by atoms with Crippen LogP contribution in [0.4, 0.5) is 5.82 Å². The largest absolute Gasteiger partial charge is 0.462 e. The lowest BCUT2D eigenvalue weighted by Crippen LogP contribution is -2.08. The summed E-state index contributed by atoms with van der Waals surface area (Å²) in [5.41, 5.74) is 1.84. The molecule has 28 heavy (non-hydrogen) atoms. The summed E-state index contributed by atoms with van der Waals surface area (Å²) in [7, 11) is 0. The molecule has 0 aromatic carbocycles. The van der Waals surface area contributed by atoms with Crippen LogP contribution in [0.3, 0.4) is 0 Å². The molecule has 4 rings (SSSR count). The van der Waals surface area contributed by atoms with Gasteiger partial charge in [0.15, 0.2) is 0 Å². The van der Waals surface area contributed by atoms with E-state index >= 15 is 0 Å². The summed E-state index contributed by atoms with van der Waals surface area (Å²) in [6.07, 6.45) is 7.08. The van der Waals surface area contributed by atoms with E-state index in [1.807, 2.05) is 20.8 Å². The molecule has 1 aliphatic carbocycles. The van der Waals surface area contributed by atoms with Crippen molar-refractivity contribution in [2.75, 3.05) is 11.9 Å². The Morgan fingerprint density at radius 2 is 2.11 bits per heavy atom. The zero-order valence-electron chi connectivity index (χ0n) is 16.5. The average molecular weight is 400 g/mol. The van der Waals surface area contributed by atoms with Crippen LogP contribution in [0.25, 0.3) is 10.2 Å². The number of aryl methyl sites for hydroxylation is 2. The van der Waals surface area contributed by atoms with Crippen LogP contribution < -0.4 is 5.32 Å². The van der Waals surface area contributed by atoms with Crippen molar-refractivity contribution in [1.29, 1.82) is 0 Å². The number of esters is 1. The molecule has 3 aromatic heterocycles. The number of carbonyl (C=O) groups is 1. The number of rotatable bonds is 6. The summed E-state index contributed by atoms with van der Waals surface area (Å²) >= 11 is 1.36. The molecule has 1 fully saturated rings. The van der Waals surface area contributed by atoms with Crippen molar-refractivity contribution in [3.05, 3.63) is 34.2 Å². The fourth-order valence-corrected chi connectivity index (χ4v) is 4.90. The molecule has 0 aliphatic heterocycles. The van der Waals surface area contributed by atoms with E-state index < -0.39 is 0 Å². The molecule has 0 radical (unpaired) electrons. The van der Waals surface area contributed by atoms with Crippen molar-refractivity contribution in [2.24, 2.45) is 0 Å². The molecule has 0 unspecified atom stereocenters. The molecule has 0 amide bonds. The van der Waals surface area contributed by atoms with Gasteiger partial charge in [-0.25, -0.2) is 14.8 Å². The minimum atomic E-state index is -0.304. The summed E-state index contributed by atoms with van der Waals surface area (Å²) in [6.45, 7) is 6.52. The molecule has 1 aliphatic rings. The zero-order chi connectivity index (χ0) is 19.7. The van der Waals surface area contributed by atoms with Gasteiger partial charge < -0.3 is 10.1 Å². The number of carbonyl (C=O) groups excluding carboxylic acids is 1. The van der Waals surface area contributed by atoms with Gasteiger partial charge in [-0.2, -0.15) is 5.10 Å². The third-order valence-electron chi connectivity index (χ3n) is 5.16. The van der Waals surface area contributed by atoms with Gasteiger partial charge in [-0.15, -0.1) is 11.3 Å². The van der Waals surface area contributed by atoms with E-state index in [4.69, 9.17) is 9.84 Å². The first-order valence-corrected chi connectivity index (χ1v) is 10.6. The van der Waals surface area contributed by atoms with Crippen LogP contribution >= 0.6 is 11.3 Å². The van der Waals surface area contributed by atoms with Gasteiger partial charge in [0.2, 0.25) is 0 Å². The van der Waals surface area contributed by atoms with Crippen LogP contribution in [0.15, 0.2) is 12.3 Å². The van der Waals surface area contributed by atoms with E-state index in [2.05, 4.69) is 32.2 Å². The van der Waals surface area contributed by atoms with Crippen molar-refractivity contribution in [1.82, 2.24) is 19.7 Å². The predicted molar refractivity (Wildman–Crippen MR) is 110 cm³/mol. The molecule has 3 heterocycles. The summed E-state index contributed by atoms with van der Waals surface area (Å²) in [5.74, 6) is 1.10. The van der Waals surface area contributed by atoms with Gasteiger partial charge in [-0.1, -0.05) is 12.8 Å². The summed E-state index contributed by atoms with van der Waals surface area (Å²) < 4.78 is 7.28. The van der Waals surface area contributed by atoms with Gasteiger partial charge in [0.25, 0.3) is 0 Å². The molecule has 0 saturated heterocycles. The Labute approximate surface area is 168 Å². The average Bonchev–Trinajstić information content (AvgIpc) is 3.40. The highest BCUT2D eigenvalue weighted by atomic mass is 32.1. The number of aromatic nitrogens is 4. The molecule has 1 N–H and O–H groups in total. The summed E-state index contributed by atoms with van der Waals surface area (Å²) in [6, 6.07) is 2.59. The minimum Gasteiger partial charge on any atom is -0.462 e. The van der Waals surface area contributed by atoms with E-state index in [1.165, 1.54) is 37.0 Å². The van der Waals surface area contributed by atoms with E-state index in [1.54, 1.807) is 0 Å². The standard InChI is InChI=1S/C20H25N5O2S/c1-4-27-20(26)17-12(2)16-18(22-13(3)23-19(16)28-17)21-11-14-9-10-25(24-14)15-7-5-6-8-15/h9-10,15H,4-8,11H2,1-3H3,(H,21,22,23). The van der Waals surface area contributed by atoms with E-state index in [0.29, 0.717) is 29.9 Å². The zero-order valence-corrected chi connectivity index (χ0v) is 17.3. The molecule has 148 valence electrons. The first-order chi connectivity index (χ1) is 13.6. The smallest absolute Gasteiger partial charge is 0.348 e. The lowest BCUT2D eigenvalue weighted by atomic mass is 10.2. The molecular weight excluding hydrogens is 374 g/mol. The second kappa shape index (κ2) is 7.87. The van der Waals surface area contributed by atoms with E-state index in [0.717, 1.165) is 27.3 Å². The Hall–Kier alpha value is -2.48. The van der Waals surface area contributed by atoms with Gasteiger partial charge in [0, 0.05) is 6.20 Å². The monoisotopic (exact) mass is 399 g/mol. The van der Waals surface area contributed by atoms with E-state index in [-0.39, 0.29) is 5.97 Å². The van der Waals surface area contributed by atoms with Gasteiger partial charge >= 0.3 is 5.97 Å². The third-order valence-corrected chi connectivity index (χ3v) is 6.33. The summed E-state index contributed by atoms with van der Waals surface area (Å²) in [5, 5.41) is 9.01. The normalized spacial score (nSPS) is 14.7. The van der Waals surface area contributed by atoms with Crippen molar-refractivity contribution in [3.63, 3.8) is 0 Å². The fourth-order valence-electron chi connectivity index (χ4n) is 3.78. The fraction of sp³-hybridized carbons (Fsp3) is 0.500. The van der Waals surface area contributed by atoms with E-state index in [9.17, 15) is 4.79 Å². The molecule has 0 bridgehead atoms. The first kappa shape index (κ1) is 18.9. The Balaban J connectivity index is 1.58. The highest BCUT2D eigenvalue weighted by Gasteiger charge is 2.21. The molecular formula is C20H25N5O2S. The molecule has 3 aromatic rings. The number of nitrogens with zero attached hydrogens (tertiary/aromatic N) is 4. The van der Waals surface area contributed by atoms with Crippen molar-refractivity contribution >= 4 is 33.3 Å². The van der Waals surface area contributed by atoms with Crippen LogP contribution in [0.5, 0.6) is 0 Å². The molecule has 7 nitrogen and oxygen atoms in total. The Morgan fingerprint density at radius 3 is 2.86 bits per heavy atom. The number of fused-ring (bicyclic) bond motifs is 1. The SMILES string of the molecule is CCOC(=O)c1sc2nc(C)nc(NCc3ccn(C4CCCC4)n3)c2c1C. The van der Waals surface area contributed by atoms with Crippen LogP contribution in [0.2, 0.25) is 0 Å². The van der Waals surface area contributed by atoms with Crippen molar-refractivity contribution in [2.45, 2.75) is 59.0 Å². The number of nitrogens with one attached hydrogen (secondary N) is 1. The van der Waals surface area contributed by atoms with Gasteiger partial charge in [-0.05, 0) is 45.2 Å². The van der Waals surface area contributed by atoms with Crippen LogP contribution in [0.1, 0.15) is 65.4 Å². The topological polar surface area (TPSA) is 81.9 Å². The lowest BCUT2D eigenvalue weighted by molar-refractivity contribution is 0.0531. The quantitative estimate of drug-likeness (QED) is 0.618. The number of thiophene rings is 1. The molecule has 0 spiro atoms. The maximum Gasteiger partial charge on any atom is 0.348 e. The summed E-state index contributed by atoms with van der Waals surface area (Å²) in [4.78, 5) is 22.7. The first-order valence-electron chi connectivity index (χ1n) is 9.79. The number of ether oxygens (including phenoxy) is 1. The third kappa shape index (κ3) is 3.61. The van der Waals surface area contributed by atoms with Crippen molar-refractivity contribution in [3.8, 4) is 0 Å². The Bertz CT molecular complexity index is 1000. The second-order valence-corrected chi connectivity index (χ2v) is 8.15. The van der Waals surface area contributed by atoms with Gasteiger partial charge in [-0.3, -0.25) is 4.68 Å². The second-order valence-electron chi connectivity index (χ2n) is 7.16. The van der Waals surface area contributed by atoms with Crippen LogP contribution in [0, 0.1) is 13.8 Å². The lowest BCUT2D eigenvalue weighted by Gasteiger charge is -2.09. The van der Waals surface area contributed by atoms with Crippen LogP contribution in [-0.4, -0.2) is 32.3 Å². The number of hydrogen-bond donors (Lipinski definition) is 1. The Kier molecular flexibility index (Phi) is 5.30. The van der Waals surface area contributed by atoms with Crippen molar-refractivity contribution < 1.29 is 9.53 Å². The number of anilines is 1. The van der Waals surface area contributed by atoms with Gasteiger partial charge in [0.05, 0.1) is 30.3 Å². The maximum absolute atomic E-state index is 12.2. The van der Waals surface area contributed by atoms with Crippen LogP contribution in [-0.2, 0) is 11.3 Å². The molecule has 8 heteroatoms. The highest BCUT2D eigenvalue weighted by Crippen LogP contribution is 2.34. The maximum atomic E-state index is 12.2. The minimum absolute atomic E-state index is 0.304. The molecule has 1 saturated carbocycles. The van der Waals surface area contributed by atoms with Gasteiger partial charge in [0.1, 0.15) is 21.3 Å². The predicted octanol–water partition coefficient (Wildman–Crippen LogP) is 4.41.